The molecule has 0 atom stereocenters. The third-order valence-corrected chi connectivity index (χ3v) is 8.41. The van der Waals surface area contributed by atoms with Gasteiger partial charge in [0.1, 0.15) is 0 Å². The van der Waals surface area contributed by atoms with Crippen LogP contribution >= 0.6 is 0 Å². The Labute approximate surface area is 160 Å². The number of benzene rings is 3. The topological polar surface area (TPSA) is 37.4 Å². The van der Waals surface area contributed by atoms with Crippen molar-refractivity contribution in [2.24, 2.45) is 0 Å². The van der Waals surface area contributed by atoms with E-state index in [1.54, 1.807) is 16.4 Å². The van der Waals surface area contributed by atoms with Crippen LogP contribution in [0.3, 0.4) is 0 Å². The van der Waals surface area contributed by atoms with Crippen LogP contribution in [0.2, 0.25) is 0 Å². The van der Waals surface area contributed by atoms with E-state index in [1.165, 1.54) is 8.92 Å². The summed E-state index contributed by atoms with van der Waals surface area (Å²) in [5, 5.41) is 0. The number of fused-ring (bicyclic) bond motifs is 1. The molecule has 0 aliphatic carbocycles. The molecule has 0 aromatic heterocycles. The summed E-state index contributed by atoms with van der Waals surface area (Å²) in [6, 6.07) is 23.7. The Morgan fingerprint density at radius 2 is 1.62 bits per heavy atom. The van der Waals surface area contributed by atoms with Crippen molar-refractivity contribution < 1.29 is 8.42 Å². The minimum absolute atomic E-state index is 0.236. The Hall–Kier alpha value is -2.07. The molecular formula is C21H19NO2SSe. The monoisotopic (exact) mass is 429 g/mol. The Kier molecular flexibility index (Phi) is 4.61. The average molecular weight is 428 g/mol. The van der Waals surface area contributed by atoms with Crippen LogP contribution in [0.4, 0.5) is 5.69 Å². The molecule has 3 aromatic carbocycles. The normalized spacial score (nSPS) is 13.7. The SMILES string of the molecule is Cc1ccc(S(=O)(=O)N2CCc3cc([Se]c4ccccc4)ccc32)cc1. The number of anilines is 1. The average Bonchev–Trinajstić information content (AvgIpc) is 3.07. The molecule has 0 bridgehead atoms. The van der Waals surface area contributed by atoms with E-state index in [9.17, 15) is 8.42 Å². The molecule has 5 heteroatoms. The van der Waals surface area contributed by atoms with E-state index in [-0.39, 0.29) is 15.0 Å². The third-order valence-electron chi connectivity index (χ3n) is 4.49. The summed E-state index contributed by atoms with van der Waals surface area (Å²) in [4.78, 5) is 0.355. The molecule has 0 spiro atoms. The van der Waals surface area contributed by atoms with Gasteiger partial charge in [-0.25, -0.2) is 0 Å². The quantitative estimate of drug-likeness (QED) is 0.599. The van der Waals surface area contributed by atoms with Crippen LogP contribution in [0.5, 0.6) is 0 Å². The summed E-state index contributed by atoms with van der Waals surface area (Å²) < 4.78 is 30.2. The van der Waals surface area contributed by atoms with E-state index in [0.29, 0.717) is 11.4 Å². The van der Waals surface area contributed by atoms with Crippen LogP contribution in [-0.2, 0) is 16.4 Å². The van der Waals surface area contributed by atoms with Crippen LogP contribution in [-0.4, -0.2) is 29.9 Å². The zero-order valence-corrected chi connectivity index (χ0v) is 17.0. The molecule has 0 saturated carbocycles. The molecule has 0 saturated heterocycles. The Morgan fingerprint density at radius 1 is 0.885 bits per heavy atom. The standard InChI is InChI=1S/C21H19NO2SSe/c1-16-7-9-18(10-8-16)25(23,24)22-14-13-17-15-20(11-12-21(17)22)26-19-5-3-2-4-6-19/h2-12,15H,13-14H2,1H3. The van der Waals surface area contributed by atoms with Crippen molar-refractivity contribution in [2.75, 3.05) is 10.8 Å². The molecule has 1 aliphatic heterocycles. The molecule has 0 fully saturated rings. The van der Waals surface area contributed by atoms with Crippen molar-refractivity contribution in [3.63, 3.8) is 0 Å². The number of aryl methyl sites for hydroxylation is 1. The Morgan fingerprint density at radius 3 is 2.35 bits per heavy atom. The van der Waals surface area contributed by atoms with Gasteiger partial charge in [0.15, 0.2) is 0 Å². The first-order valence-corrected chi connectivity index (χ1v) is 11.6. The number of nitrogens with zero attached hydrogens (tertiary/aromatic N) is 1. The van der Waals surface area contributed by atoms with Gasteiger partial charge in [0.2, 0.25) is 0 Å². The van der Waals surface area contributed by atoms with Gasteiger partial charge in [-0.05, 0) is 0 Å². The number of sulfonamides is 1. The van der Waals surface area contributed by atoms with E-state index >= 15 is 0 Å². The second-order valence-corrected chi connectivity index (χ2v) is 10.6. The summed E-state index contributed by atoms with van der Waals surface area (Å²) in [5.74, 6) is 0. The summed E-state index contributed by atoms with van der Waals surface area (Å²) in [6.45, 7) is 2.46. The fraction of sp³-hybridized carbons (Fsp3) is 0.143. The molecule has 1 heterocycles. The molecule has 26 heavy (non-hydrogen) atoms. The Balaban J connectivity index is 1.63. The van der Waals surface area contributed by atoms with Gasteiger partial charge in [-0.2, -0.15) is 0 Å². The second-order valence-electron chi connectivity index (χ2n) is 6.35. The number of hydrogen-bond acceptors (Lipinski definition) is 2. The van der Waals surface area contributed by atoms with Crippen LogP contribution < -0.4 is 13.2 Å². The van der Waals surface area contributed by atoms with Gasteiger partial charge in [-0.15, -0.1) is 0 Å². The van der Waals surface area contributed by atoms with Gasteiger partial charge in [-0.1, -0.05) is 0 Å². The third kappa shape index (κ3) is 3.30. The number of hydrogen-bond donors (Lipinski definition) is 0. The molecule has 3 aromatic rings. The summed E-state index contributed by atoms with van der Waals surface area (Å²) in [6.07, 6.45) is 0.763. The molecular weight excluding hydrogens is 409 g/mol. The predicted octanol–water partition coefficient (Wildman–Crippen LogP) is 2.40. The van der Waals surface area contributed by atoms with Crippen LogP contribution in [0.25, 0.3) is 0 Å². The van der Waals surface area contributed by atoms with Crippen LogP contribution in [0.1, 0.15) is 11.1 Å². The molecule has 0 radical (unpaired) electrons. The second kappa shape index (κ2) is 6.92. The Bertz CT molecular complexity index is 1030. The first-order valence-electron chi connectivity index (χ1n) is 8.49. The van der Waals surface area contributed by atoms with Gasteiger partial charge in [0.05, 0.1) is 0 Å². The van der Waals surface area contributed by atoms with Crippen LogP contribution in [0, 0.1) is 6.92 Å². The van der Waals surface area contributed by atoms with Crippen molar-refractivity contribution in [3.05, 3.63) is 83.9 Å². The molecule has 0 unspecified atom stereocenters. The predicted molar refractivity (Wildman–Crippen MR) is 107 cm³/mol. The summed E-state index contributed by atoms with van der Waals surface area (Å²) in [7, 11) is -3.50. The molecule has 4 rings (SSSR count). The van der Waals surface area contributed by atoms with E-state index < -0.39 is 10.0 Å². The molecule has 0 amide bonds. The van der Waals surface area contributed by atoms with E-state index in [1.807, 2.05) is 31.2 Å². The van der Waals surface area contributed by atoms with E-state index in [4.69, 9.17) is 0 Å². The van der Waals surface area contributed by atoms with E-state index in [0.717, 1.165) is 23.2 Å². The first kappa shape index (κ1) is 17.3. The van der Waals surface area contributed by atoms with Gasteiger partial charge in [-0.3, -0.25) is 0 Å². The zero-order chi connectivity index (χ0) is 18.1. The molecule has 3 nitrogen and oxygen atoms in total. The van der Waals surface area contributed by atoms with Gasteiger partial charge in [0, 0.05) is 0 Å². The summed E-state index contributed by atoms with van der Waals surface area (Å²) >= 11 is 0.236. The van der Waals surface area contributed by atoms with Gasteiger partial charge >= 0.3 is 161 Å². The van der Waals surface area contributed by atoms with Crippen molar-refractivity contribution in [2.45, 2.75) is 18.2 Å². The van der Waals surface area contributed by atoms with Gasteiger partial charge in [0.25, 0.3) is 0 Å². The number of rotatable bonds is 4. The van der Waals surface area contributed by atoms with Crippen molar-refractivity contribution >= 4 is 39.6 Å². The zero-order valence-electron chi connectivity index (χ0n) is 14.4. The van der Waals surface area contributed by atoms with Gasteiger partial charge < -0.3 is 0 Å². The first-order chi connectivity index (χ1) is 12.5. The maximum atomic E-state index is 13.0. The molecule has 132 valence electrons. The molecule has 1 aliphatic rings. The van der Waals surface area contributed by atoms with Crippen LogP contribution in [0.15, 0.2) is 77.7 Å². The molecule has 0 N–H and O–H groups in total. The summed E-state index contributed by atoms with van der Waals surface area (Å²) in [5.41, 5.74) is 2.99. The maximum absolute atomic E-state index is 13.0. The van der Waals surface area contributed by atoms with Crippen molar-refractivity contribution in [1.29, 1.82) is 0 Å². The van der Waals surface area contributed by atoms with Crippen molar-refractivity contribution in [3.8, 4) is 0 Å². The fourth-order valence-electron chi connectivity index (χ4n) is 3.12. The van der Waals surface area contributed by atoms with Crippen molar-refractivity contribution in [1.82, 2.24) is 0 Å². The minimum atomic E-state index is -3.50. The fourth-order valence-corrected chi connectivity index (χ4v) is 6.52. The van der Waals surface area contributed by atoms with E-state index in [2.05, 4.69) is 36.4 Å².